The molecule has 1 N–H and O–H groups in total. The Morgan fingerprint density at radius 2 is 2.00 bits per heavy atom. The maximum absolute atomic E-state index is 10.3. The van der Waals surface area contributed by atoms with E-state index in [-0.39, 0.29) is 6.61 Å². The fourth-order valence-corrected chi connectivity index (χ4v) is 3.59. The van der Waals surface area contributed by atoms with Crippen molar-refractivity contribution in [3.8, 4) is 11.8 Å². The highest BCUT2D eigenvalue weighted by Gasteiger charge is 2.19. The van der Waals surface area contributed by atoms with E-state index in [1.807, 2.05) is 23.9 Å². The van der Waals surface area contributed by atoms with Crippen molar-refractivity contribution in [1.29, 1.82) is 5.26 Å². The van der Waals surface area contributed by atoms with Gasteiger partial charge < -0.3 is 14.7 Å². The summed E-state index contributed by atoms with van der Waals surface area (Å²) in [6, 6.07) is 17.3. The van der Waals surface area contributed by atoms with Gasteiger partial charge in [-0.05, 0) is 36.4 Å². The molecule has 0 amide bonds. The summed E-state index contributed by atoms with van der Waals surface area (Å²) in [6.45, 7) is 1.71. The van der Waals surface area contributed by atoms with Gasteiger partial charge in [0.05, 0.1) is 17.3 Å². The van der Waals surface area contributed by atoms with E-state index in [1.165, 1.54) is 10.6 Å². The number of fused-ring (bicyclic) bond motifs is 1. The van der Waals surface area contributed by atoms with Crippen molar-refractivity contribution in [1.82, 2.24) is 0 Å². The summed E-state index contributed by atoms with van der Waals surface area (Å²) >= 11 is 1.85. The fraction of sp³-hybridized carbons (Fsp3) is 0.278. The summed E-state index contributed by atoms with van der Waals surface area (Å²) in [4.78, 5) is 3.47. The number of nitriles is 1. The average molecular weight is 326 g/mol. The highest BCUT2D eigenvalue weighted by molar-refractivity contribution is 7.99. The summed E-state index contributed by atoms with van der Waals surface area (Å²) in [7, 11) is 0. The third-order valence-corrected chi connectivity index (χ3v) is 4.72. The Balaban J connectivity index is 1.55. The van der Waals surface area contributed by atoms with Gasteiger partial charge in [-0.3, -0.25) is 0 Å². The van der Waals surface area contributed by atoms with Crippen molar-refractivity contribution >= 4 is 17.4 Å². The van der Waals surface area contributed by atoms with Crippen LogP contribution in [0.2, 0.25) is 0 Å². The van der Waals surface area contributed by atoms with E-state index < -0.39 is 6.10 Å². The number of rotatable bonds is 5. The molecule has 5 heteroatoms. The van der Waals surface area contributed by atoms with Crippen molar-refractivity contribution in [2.45, 2.75) is 11.0 Å². The average Bonchev–Trinajstić information content (AvgIpc) is 2.61. The number of para-hydroxylation sites is 1. The van der Waals surface area contributed by atoms with Gasteiger partial charge >= 0.3 is 0 Å². The number of β-amino-alcohol motifs (C(OH)–C–C–N with tert-alkyl or cyclic N) is 1. The zero-order chi connectivity index (χ0) is 16.1. The van der Waals surface area contributed by atoms with Gasteiger partial charge in [-0.15, -0.1) is 11.8 Å². The third kappa shape index (κ3) is 3.98. The van der Waals surface area contributed by atoms with Crippen LogP contribution in [0.5, 0.6) is 5.75 Å². The van der Waals surface area contributed by atoms with Crippen LogP contribution in [-0.2, 0) is 0 Å². The molecule has 1 atom stereocenters. The third-order valence-electron chi connectivity index (χ3n) is 3.68. The van der Waals surface area contributed by atoms with Crippen LogP contribution in [0, 0.1) is 11.3 Å². The van der Waals surface area contributed by atoms with Crippen molar-refractivity contribution in [3.63, 3.8) is 0 Å². The number of benzene rings is 2. The minimum Gasteiger partial charge on any atom is -0.491 e. The maximum Gasteiger partial charge on any atom is 0.119 e. The van der Waals surface area contributed by atoms with E-state index in [4.69, 9.17) is 10.00 Å². The van der Waals surface area contributed by atoms with E-state index in [0.717, 1.165) is 12.3 Å². The van der Waals surface area contributed by atoms with Gasteiger partial charge in [-0.25, -0.2) is 0 Å². The van der Waals surface area contributed by atoms with Crippen molar-refractivity contribution in [3.05, 3.63) is 54.1 Å². The van der Waals surface area contributed by atoms with Crippen molar-refractivity contribution < 1.29 is 9.84 Å². The molecule has 3 rings (SSSR count). The van der Waals surface area contributed by atoms with Gasteiger partial charge in [0.1, 0.15) is 18.5 Å². The number of thioether (sulfide) groups is 1. The molecule has 0 unspecified atom stereocenters. The molecule has 2 aromatic carbocycles. The van der Waals surface area contributed by atoms with E-state index in [2.05, 4.69) is 23.1 Å². The topological polar surface area (TPSA) is 56.5 Å². The molecule has 0 spiro atoms. The fourth-order valence-electron chi connectivity index (χ4n) is 2.54. The van der Waals surface area contributed by atoms with E-state index in [0.29, 0.717) is 17.9 Å². The first kappa shape index (κ1) is 15.7. The molecule has 0 bridgehead atoms. The van der Waals surface area contributed by atoms with Crippen LogP contribution < -0.4 is 9.64 Å². The Bertz CT molecular complexity index is 697. The number of ether oxygens (including phenoxy) is 1. The summed E-state index contributed by atoms with van der Waals surface area (Å²) in [5, 5.41) is 19.0. The van der Waals surface area contributed by atoms with Gasteiger partial charge in [0.2, 0.25) is 0 Å². The zero-order valence-electron chi connectivity index (χ0n) is 12.7. The normalized spacial score (nSPS) is 14.7. The number of aliphatic hydroxyl groups is 1. The van der Waals surface area contributed by atoms with Crippen LogP contribution >= 0.6 is 11.8 Å². The Morgan fingerprint density at radius 1 is 1.22 bits per heavy atom. The number of hydrogen-bond acceptors (Lipinski definition) is 5. The number of nitrogens with zero attached hydrogens (tertiary/aromatic N) is 2. The molecule has 0 saturated heterocycles. The van der Waals surface area contributed by atoms with Crippen LogP contribution in [0.25, 0.3) is 0 Å². The SMILES string of the molecule is N#Cc1ccc(OC[C@@H](O)CN2CCSc3ccccc32)cc1. The first-order valence-corrected chi connectivity index (χ1v) is 8.52. The van der Waals surface area contributed by atoms with E-state index in [1.54, 1.807) is 24.3 Å². The lowest BCUT2D eigenvalue weighted by atomic mass is 10.2. The minimum atomic E-state index is -0.568. The molecule has 1 aliphatic heterocycles. The minimum absolute atomic E-state index is 0.234. The molecule has 0 radical (unpaired) electrons. The van der Waals surface area contributed by atoms with Gasteiger partial charge in [0.25, 0.3) is 0 Å². The highest BCUT2D eigenvalue weighted by atomic mass is 32.2. The Morgan fingerprint density at radius 3 is 2.78 bits per heavy atom. The molecule has 0 aromatic heterocycles. The molecule has 23 heavy (non-hydrogen) atoms. The Kier molecular flexibility index (Phi) is 5.06. The van der Waals surface area contributed by atoms with Gasteiger partial charge in [0, 0.05) is 23.7 Å². The molecule has 0 saturated carbocycles. The van der Waals surface area contributed by atoms with Gasteiger partial charge in [0.15, 0.2) is 0 Å². The number of hydrogen-bond donors (Lipinski definition) is 1. The summed E-state index contributed by atoms with van der Waals surface area (Å²) < 4.78 is 5.61. The Labute approximate surface area is 140 Å². The molecule has 1 heterocycles. The molecule has 0 fully saturated rings. The Hall–Kier alpha value is -2.16. The molecule has 2 aromatic rings. The monoisotopic (exact) mass is 326 g/mol. The van der Waals surface area contributed by atoms with Crippen LogP contribution in [0.15, 0.2) is 53.4 Å². The lowest BCUT2D eigenvalue weighted by Crippen LogP contribution is -2.38. The molecule has 4 nitrogen and oxygen atoms in total. The van der Waals surface area contributed by atoms with Crippen LogP contribution in [0.1, 0.15) is 5.56 Å². The quantitative estimate of drug-likeness (QED) is 0.915. The van der Waals surface area contributed by atoms with E-state index in [9.17, 15) is 5.11 Å². The first-order chi connectivity index (χ1) is 11.3. The van der Waals surface area contributed by atoms with Crippen molar-refractivity contribution in [2.24, 2.45) is 0 Å². The van der Waals surface area contributed by atoms with Crippen LogP contribution in [0.4, 0.5) is 5.69 Å². The molecule has 0 aliphatic carbocycles. The summed E-state index contributed by atoms with van der Waals surface area (Å²) in [5.41, 5.74) is 1.78. The second-order valence-electron chi connectivity index (χ2n) is 5.36. The van der Waals surface area contributed by atoms with Crippen LogP contribution in [-0.4, -0.2) is 36.7 Å². The molecule has 1 aliphatic rings. The summed E-state index contributed by atoms with van der Waals surface area (Å²) in [6.07, 6.45) is -0.568. The lowest BCUT2D eigenvalue weighted by Gasteiger charge is -2.32. The number of aliphatic hydroxyl groups excluding tert-OH is 1. The second-order valence-corrected chi connectivity index (χ2v) is 6.50. The molecule has 118 valence electrons. The van der Waals surface area contributed by atoms with Gasteiger partial charge in [-0.1, -0.05) is 12.1 Å². The number of anilines is 1. The lowest BCUT2D eigenvalue weighted by molar-refractivity contribution is 0.112. The summed E-state index contributed by atoms with van der Waals surface area (Å²) in [5.74, 6) is 1.69. The van der Waals surface area contributed by atoms with Gasteiger partial charge in [-0.2, -0.15) is 5.26 Å². The van der Waals surface area contributed by atoms with E-state index >= 15 is 0 Å². The smallest absolute Gasteiger partial charge is 0.119 e. The molecular formula is C18H18N2O2S. The predicted molar refractivity (Wildman–Crippen MR) is 92.0 cm³/mol. The zero-order valence-corrected chi connectivity index (χ0v) is 13.5. The predicted octanol–water partition coefficient (Wildman–Crippen LogP) is 2.91. The van der Waals surface area contributed by atoms with Crippen molar-refractivity contribution in [2.75, 3.05) is 30.3 Å². The first-order valence-electron chi connectivity index (χ1n) is 7.54. The second kappa shape index (κ2) is 7.40. The largest absolute Gasteiger partial charge is 0.491 e. The maximum atomic E-state index is 10.3. The highest BCUT2D eigenvalue weighted by Crippen LogP contribution is 2.34. The van der Waals surface area contributed by atoms with Crippen LogP contribution in [0.3, 0.4) is 0 Å². The molecular weight excluding hydrogens is 308 g/mol. The standard InChI is InChI=1S/C18H18N2O2S/c19-11-14-5-7-16(8-6-14)22-13-15(21)12-20-9-10-23-18-4-2-1-3-17(18)20/h1-8,15,21H,9-10,12-13H2/t15-/m0/s1.